The van der Waals surface area contributed by atoms with Crippen LogP contribution < -0.4 is 5.32 Å². The fourth-order valence-corrected chi connectivity index (χ4v) is 0.477. The van der Waals surface area contributed by atoms with Gasteiger partial charge in [0.25, 0.3) is 0 Å². The molecule has 3 nitrogen and oxygen atoms in total. The minimum atomic E-state index is -0.560. The number of likely N-dealkylation sites (N-methyl/N-ethyl adjacent to an activating group) is 1. The van der Waals surface area contributed by atoms with Crippen LogP contribution in [0.5, 0.6) is 0 Å². The maximum Gasteiger partial charge on any atom is 0.325 e. The molecule has 0 unspecified atom stereocenters. The monoisotopic (exact) mass is 175 g/mol. The summed E-state index contributed by atoms with van der Waals surface area (Å²) in [4.78, 5) is 11.2. The van der Waals surface area contributed by atoms with E-state index in [2.05, 4.69) is 5.32 Å². The van der Waals surface area contributed by atoms with Gasteiger partial charge in [-0.15, -0.1) is 0 Å². The topological polar surface area (TPSA) is 38.3 Å². The van der Waals surface area contributed by atoms with E-state index in [0.29, 0.717) is 6.61 Å². The maximum atomic E-state index is 11.2. The van der Waals surface area contributed by atoms with E-state index in [9.17, 15) is 4.79 Å². The molecule has 0 fully saturated rings. The van der Waals surface area contributed by atoms with Crippen LogP contribution in [-0.2, 0) is 9.53 Å². The van der Waals surface area contributed by atoms with E-state index >= 15 is 0 Å². The van der Waals surface area contributed by atoms with Crippen molar-refractivity contribution in [2.75, 3.05) is 13.7 Å². The van der Waals surface area contributed by atoms with Crippen LogP contribution in [0.15, 0.2) is 0 Å². The van der Waals surface area contributed by atoms with Crippen molar-refractivity contribution in [3.05, 3.63) is 0 Å². The summed E-state index contributed by atoms with van der Waals surface area (Å²) in [6, 6.07) is 0. The summed E-state index contributed by atoms with van der Waals surface area (Å²) in [6.07, 6.45) is 0.867. The number of esters is 1. The quantitative estimate of drug-likeness (QED) is 0.659. The fourth-order valence-electron chi connectivity index (χ4n) is 0.477. The highest BCUT2D eigenvalue weighted by Crippen LogP contribution is 2.03. The molecule has 0 aromatic heterocycles. The van der Waals surface area contributed by atoms with Crippen LogP contribution in [0.1, 0.15) is 34.6 Å². The number of carbonyl (C=O) groups excluding carboxylic acids is 1. The molecule has 0 aliphatic carbocycles. The van der Waals surface area contributed by atoms with E-state index in [1.807, 2.05) is 6.92 Å². The van der Waals surface area contributed by atoms with Crippen molar-refractivity contribution in [3.8, 4) is 0 Å². The Hall–Kier alpha value is -0.570. The van der Waals surface area contributed by atoms with E-state index in [1.165, 1.54) is 0 Å². The van der Waals surface area contributed by atoms with E-state index in [1.54, 1.807) is 20.9 Å². The van der Waals surface area contributed by atoms with Gasteiger partial charge in [-0.2, -0.15) is 0 Å². The van der Waals surface area contributed by atoms with Crippen molar-refractivity contribution < 1.29 is 9.53 Å². The molecular formula is C9H21NO2. The van der Waals surface area contributed by atoms with Gasteiger partial charge in [0.2, 0.25) is 0 Å². The van der Waals surface area contributed by atoms with Gasteiger partial charge in [-0.3, -0.25) is 4.79 Å². The molecule has 0 spiro atoms. The van der Waals surface area contributed by atoms with Gasteiger partial charge in [0.05, 0.1) is 6.61 Å². The third-order valence-electron chi connectivity index (χ3n) is 1.57. The third kappa shape index (κ3) is 4.34. The summed E-state index contributed by atoms with van der Waals surface area (Å²) >= 11 is 0. The normalized spacial score (nSPS) is 10.3. The van der Waals surface area contributed by atoms with Crippen molar-refractivity contribution in [1.82, 2.24) is 5.32 Å². The lowest BCUT2D eigenvalue weighted by Gasteiger charge is -2.21. The van der Waals surface area contributed by atoms with Crippen molar-refractivity contribution in [2.45, 2.75) is 40.2 Å². The second kappa shape index (κ2) is 6.00. The molecule has 0 atom stereocenters. The number of nitrogens with one attached hydrogen (secondary N) is 1. The molecule has 0 aromatic rings. The Kier molecular flexibility index (Phi) is 6.99. The highest BCUT2D eigenvalue weighted by molar-refractivity contribution is 5.79. The van der Waals surface area contributed by atoms with Gasteiger partial charge in [0.1, 0.15) is 5.54 Å². The summed E-state index contributed by atoms with van der Waals surface area (Å²) in [7, 11) is 1.74. The van der Waals surface area contributed by atoms with Gasteiger partial charge in [-0.25, -0.2) is 0 Å². The number of hydrogen-bond donors (Lipinski definition) is 1. The molecule has 0 saturated carbocycles. The van der Waals surface area contributed by atoms with Crippen molar-refractivity contribution >= 4 is 5.97 Å². The van der Waals surface area contributed by atoms with E-state index < -0.39 is 5.54 Å². The van der Waals surface area contributed by atoms with Gasteiger partial charge in [-0.1, -0.05) is 14.4 Å². The first kappa shape index (κ1) is 14.0. The molecular weight excluding hydrogens is 154 g/mol. The molecule has 3 heteroatoms. The molecule has 12 heavy (non-hydrogen) atoms. The van der Waals surface area contributed by atoms with Gasteiger partial charge in [0.15, 0.2) is 0 Å². The SMILES string of the molecule is C.CCCOC(=O)C(C)(C)NC. The van der Waals surface area contributed by atoms with Crippen LogP contribution >= 0.6 is 0 Å². The first-order valence-electron chi connectivity index (χ1n) is 3.90. The van der Waals surface area contributed by atoms with Crippen molar-refractivity contribution in [2.24, 2.45) is 0 Å². The molecule has 0 aliphatic rings. The lowest BCUT2D eigenvalue weighted by molar-refractivity contribution is -0.150. The molecule has 0 aromatic carbocycles. The molecule has 1 N–H and O–H groups in total. The zero-order valence-corrected chi connectivity index (χ0v) is 7.73. The first-order chi connectivity index (χ1) is 5.04. The second-order valence-corrected chi connectivity index (χ2v) is 3.01. The van der Waals surface area contributed by atoms with Gasteiger partial charge in [0, 0.05) is 0 Å². The summed E-state index contributed by atoms with van der Waals surface area (Å²) in [5.74, 6) is -0.193. The Labute approximate surface area is 75.5 Å². The summed E-state index contributed by atoms with van der Waals surface area (Å²) < 4.78 is 4.95. The molecule has 0 aliphatic heterocycles. The van der Waals surface area contributed by atoms with Crippen LogP contribution in [0.25, 0.3) is 0 Å². The highest BCUT2D eigenvalue weighted by atomic mass is 16.5. The lowest BCUT2D eigenvalue weighted by Crippen LogP contribution is -2.45. The Morgan fingerprint density at radius 3 is 2.33 bits per heavy atom. The average Bonchev–Trinajstić information content (AvgIpc) is 2.00. The first-order valence-corrected chi connectivity index (χ1v) is 3.90. The van der Waals surface area contributed by atoms with Crippen LogP contribution in [0.4, 0.5) is 0 Å². The molecule has 0 radical (unpaired) electrons. The van der Waals surface area contributed by atoms with Gasteiger partial charge >= 0.3 is 5.97 Å². The Morgan fingerprint density at radius 2 is 2.00 bits per heavy atom. The number of ether oxygens (including phenoxy) is 1. The minimum absolute atomic E-state index is 0. The molecule has 74 valence electrons. The zero-order chi connectivity index (χ0) is 8.91. The van der Waals surface area contributed by atoms with E-state index in [-0.39, 0.29) is 13.4 Å². The van der Waals surface area contributed by atoms with Crippen LogP contribution in [-0.4, -0.2) is 25.2 Å². The minimum Gasteiger partial charge on any atom is -0.464 e. The van der Waals surface area contributed by atoms with Crippen LogP contribution in [0, 0.1) is 0 Å². The summed E-state index contributed by atoms with van der Waals surface area (Å²) in [5.41, 5.74) is -0.560. The number of hydrogen-bond acceptors (Lipinski definition) is 3. The van der Waals surface area contributed by atoms with Crippen LogP contribution in [0.2, 0.25) is 0 Å². The average molecular weight is 175 g/mol. The summed E-state index contributed by atoms with van der Waals surface area (Å²) in [5, 5.41) is 2.88. The van der Waals surface area contributed by atoms with E-state index in [0.717, 1.165) is 6.42 Å². The molecule has 0 heterocycles. The Balaban J connectivity index is 0. The predicted octanol–water partition coefficient (Wildman–Crippen LogP) is 1.57. The standard InChI is InChI=1S/C8H17NO2.CH4/c1-5-6-11-7(10)8(2,3)9-4;/h9H,5-6H2,1-4H3;1H4. The maximum absolute atomic E-state index is 11.2. The second-order valence-electron chi connectivity index (χ2n) is 3.01. The largest absolute Gasteiger partial charge is 0.464 e. The highest BCUT2D eigenvalue weighted by Gasteiger charge is 2.26. The fraction of sp³-hybridized carbons (Fsp3) is 0.889. The molecule has 0 bridgehead atoms. The van der Waals surface area contributed by atoms with E-state index in [4.69, 9.17) is 4.74 Å². The number of rotatable bonds is 4. The Bertz CT molecular complexity index is 132. The van der Waals surface area contributed by atoms with Crippen LogP contribution in [0.3, 0.4) is 0 Å². The summed E-state index contributed by atoms with van der Waals surface area (Å²) in [6.45, 7) is 6.07. The zero-order valence-electron chi connectivity index (χ0n) is 7.73. The smallest absolute Gasteiger partial charge is 0.325 e. The molecule has 0 rings (SSSR count). The van der Waals surface area contributed by atoms with Crippen molar-refractivity contribution in [3.63, 3.8) is 0 Å². The predicted molar refractivity (Wildman–Crippen MR) is 51.1 cm³/mol. The third-order valence-corrected chi connectivity index (χ3v) is 1.57. The lowest BCUT2D eigenvalue weighted by atomic mass is 10.1. The van der Waals surface area contributed by atoms with Gasteiger partial charge in [-0.05, 0) is 27.3 Å². The Morgan fingerprint density at radius 1 is 1.50 bits per heavy atom. The molecule has 0 amide bonds. The number of carbonyl (C=O) groups is 1. The van der Waals surface area contributed by atoms with Gasteiger partial charge < -0.3 is 10.1 Å². The van der Waals surface area contributed by atoms with Crippen molar-refractivity contribution in [1.29, 1.82) is 0 Å². The molecule has 0 saturated heterocycles.